The molecule has 0 bridgehead atoms. The number of aromatic nitrogens is 2. The van der Waals surface area contributed by atoms with Crippen molar-refractivity contribution in [2.24, 2.45) is 5.73 Å². The Balaban J connectivity index is 2.01. The molecule has 0 radical (unpaired) electrons. The van der Waals surface area contributed by atoms with Crippen LogP contribution in [-0.4, -0.2) is 22.8 Å². The van der Waals surface area contributed by atoms with Gasteiger partial charge in [0.1, 0.15) is 6.10 Å². The zero-order valence-electron chi connectivity index (χ0n) is 9.85. The lowest BCUT2D eigenvalue weighted by atomic mass is 10.1. The lowest BCUT2D eigenvalue weighted by Crippen LogP contribution is -2.14. The minimum Gasteiger partial charge on any atom is -0.371 e. The molecule has 0 saturated heterocycles. The summed E-state index contributed by atoms with van der Waals surface area (Å²) in [6, 6.07) is 0.282. The standard InChI is InChI=1S/C11H19N3O2/c1-3-15-7(2)10-13-11(16-14-10)8-4-5-9(12)6-8/h7-9H,3-6,12H2,1-2H3/t7?,8-,9+/m1/s1. The highest BCUT2D eigenvalue weighted by Crippen LogP contribution is 2.32. The molecule has 1 heterocycles. The van der Waals surface area contributed by atoms with Gasteiger partial charge in [-0.3, -0.25) is 0 Å². The second kappa shape index (κ2) is 4.93. The summed E-state index contributed by atoms with van der Waals surface area (Å²) in [5.74, 6) is 1.69. The van der Waals surface area contributed by atoms with Crippen LogP contribution >= 0.6 is 0 Å². The summed E-state index contributed by atoms with van der Waals surface area (Å²) in [7, 11) is 0. The van der Waals surface area contributed by atoms with Gasteiger partial charge in [-0.25, -0.2) is 0 Å². The summed E-state index contributed by atoms with van der Waals surface area (Å²) in [5.41, 5.74) is 5.86. The van der Waals surface area contributed by atoms with Crippen LogP contribution in [0.3, 0.4) is 0 Å². The summed E-state index contributed by atoms with van der Waals surface area (Å²) in [4.78, 5) is 4.39. The van der Waals surface area contributed by atoms with Crippen molar-refractivity contribution in [2.45, 2.75) is 51.2 Å². The number of nitrogens with zero attached hydrogens (tertiary/aromatic N) is 2. The van der Waals surface area contributed by atoms with Crippen molar-refractivity contribution < 1.29 is 9.26 Å². The van der Waals surface area contributed by atoms with E-state index in [2.05, 4.69) is 10.1 Å². The SMILES string of the molecule is CCOC(C)c1noc([C@@H]2CC[C@H](N)C2)n1. The maximum absolute atomic E-state index is 5.86. The number of ether oxygens (including phenoxy) is 1. The molecule has 1 fully saturated rings. The zero-order valence-corrected chi connectivity index (χ0v) is 9.85. The van der Waals surface area contributed by atoms with E-state index in [1.807, 2.05) is 13.8 Å². The topological polar surface area (TPSA) is 74.2 Å². The van der Waals surface area contributed by atoms with Gasteiger partial charge in [0.15, 0.2) is 5.82 Å². The first-order chi connectivity index (χ1) is 7.70. The lowest BCUT2D eigenvalue weighted by molar-refractivity contribution is 0.0683. The van der Waals surface area contributed by atoms with Gasteiger partial charge in [-0.2, -0.15) is 4.98 Å². The quantitative estimate of drug-likeness (QED) is 0.845. The molecular formula is C11H19N3O2. The number of hydrogen-bond donors (Lipinski definition) is 1. The zero-order chi connectivity index (χ0) is 11.5. The van der Waals surface area contributed by atoms with E-state index in [1.54, 1.807) is 0 Å². The van der Waals surface area contributed by atoms with Crippen molar-refractivity contribution in [3.8, 4) is 0 Å². The molecule has 1 aromatic heterocycles. The highest BCUT2D eigenvalue weighted by atomic mass is 16.5. The molecule has 0 spiro atoms. The van der Waals surface area contributed by atoms with Crippen molar-refractivity contribution in [3.05, 3.63) is 11.7 Å². The summed E-state index contributed by atoms with van der Waals surface area (Å²) in [5, 5.41) is 3.95. The second-order valence-corrected chi connectivity index (χ2v) is 4.36. The Kier molecular flexibility index (Phi) is 3.56. The van der Waals surface area contributed by atoms with E-state index in [-0.39, 0.29) is 12.1 Å². The van der Waals surface area contributed by atoms with Gasteiger partial charge in [0.2, 0.25) is 5.89 Å². The van der Waals surface area contributed by atoms with Crippen molar-refractivity contribution in [1.82, 2.24) is 10.1 Å². The van der Waals surface area contributed by atoms with Gasteiger partial charge < -0.3 is 15.0 Å². The summed E-state index contributed by atoms with van der Waals surface area (Å²) in [6.45, 7) is 4.53. The van der Waals surface area contributed by atoms with Crippen molar-refractivity contribution >= 4 is 0 Å². The summed E-state index contributed by atoms with van der Waals surface area (Å²) >= 11 is 0. The molecule has 5 heteroatoms. The fourth-order valence-electron chi connectivity index (χ4n) is 2.14. The van der Waals surface area contributed by atoms with E-state index in [9.17, 15) is 0 Å². The molecule has 1 aliphatic carbocycles. The van der Waals surface area contributed by atoms with Crippen LogP contribution in [0.2, 0.25) is 0 Å². The van der Waals surface area contributed by atoms with Crippen LogP contribution in [-0.2, 0) is 4.74 Å². The maximum Gasteiger partial charge on any atom is 0.229 e. The number of nitrogens with two attached hydrogens (primary N) is 1. The fourth-order valence-corrected chi connectivity index (χ4v) is 2.14. The molecular weight excluding hydrogens is 206 g/mol. The Morgan fingerprint density at radius 2 is 2.38 bits per heavy atom. The van der Waals surface area contributed by atoms with Gasteiger partial charge in [-0.1, -0.05) is 5.16 Å². The van der Waals surface area contributed by atoms with Gasteiger partial charge >= 0.3 is 0 Å². The summed E-state index contributed by atoms with van der Waals surface area (Å²) in [6.07, 6.45) is 2.94. The molecule has 1 aliphatic rings. The third-order valence-electron chi connectivity index (χ3n) is 3.06. The van der Waals surface area contributed by atoms with Crippen molar-refractivity contribution in [3.63, 3.8) is 0 Å². The van der Waals surface area contributed by atoms with Crippen LogP contribution in [0.4, 0.5) is 0 Å². The Morgan fingerprint density at radius 3 is 3.00 bits per heavy atom. The van der Waals surface area contributed by atoms with E-state index < -0.39 is 0 Å². The largest absolute Gasteiger partial charge is 0.371 e. The number of hydrogen-bond acceptors (Lipinski definition) is 5. The Labute approximate surface area is 95.3 Å². The highest BCUT2D eigenvalue weighted by molar-refractivity contribution is 5.00. The van der Waals surface area contributed by atoms with Gasteiger partial charge in [-0.05, 0) is 33.1 Å². The molecule has 1 unspecified atom stereocenters. The monoisotopic (exact) mass is 225 g/mol. The maximum atomic E-state index is 5.86. The molecule has 5 nitrogen and oxygen atoms in total. The Hall–Kier alpha value is -0.940. The molecule has 1 saturated carbocycles. The molecule has 0 aliphatic heterocycles. The molecule has 2 rings (SSSR count). The Morgan fingerprint density at radius 1 is 1.56 bits per heavy atom. The van der Waals surface area contributed by atoms with Gasteiger partial charge in [0.25, 0.3) is 0 Å². The Bertz CT molecular complexity index is 340. The second-order valence-electron chi connectivity index (χ2n) is 4.36. The first kappa shape index (κ1) is 11.5. The van der Waals surface area contributed by atoms with E-state index >= 15 is 0 Å². The van der Waals surface area contributed by atoms with Crippen LogP contribution < -0.4 is 5.73 Å². The molecule has 16 heavy (non-hydrogen) atoms. The van der Waals surface area contributed by atoms with Crippen LogP contribution in [0, 0.1) is 0 Å². The predicted octanol–water partition coefficient (Wildman–Crippen LogP) is 1.76. The van der Waals surface area contributed by atoms with Crippen LogP contribution in [0.15, 0.2) is 4.52 Å². The minimum absolute atomic E-state index is 0.0995. The lowest BCUT2D eigenvalue weighted by Gasteiger charge is -2.05. The third-order valence-corrected chi connectivity index (χ3v) is 3.06. The van der Waals surface area contributed by atoms with Gasteiger partial charge in [-0.15, -0.1) is 0 Å². The van der Waals surface area contributed by atoms with Crippen LogP contribution in [0.25, 0.3) is 0 Å². The van der Waals surface area contributed by atoms with Crippen molar-refractivity contribution in [2.75, 3.05) is 6.61 Å². The highest BCUT2D eigenvalue weighted by Gasteiger charge is 2.28. The molecule has 2 N–H and O–H groups in total. The van der Waals surface area contributed by atoms with Crippen molar-refractivity contribution in [1.29, 1.82) is 0 Å². The molecule has 90 valence electrons. The number of rotatable bonds is 4. The molecule has 0 aromatic carbocycles. The average molecular weight is 225 g/mol. The van der Waals surface area contributed by atoms with Gasteiger partial charge in [0.05, 0.1) is 0 Å². The smallest absolute Gasteiger partial charge is 0.229 e. The van der Waals surface area contributed by atoms with Crippen LogP contribution in [0.5, 0.6) is 0 Å². The normalized spacial score (nSPS) is 27.2. The summed E-state index contributed by atoms with van der Waals surface area (Å²) < 4.78 is 10.7. The average Bonchev–Trinajstić information content (AvgIpc) is 2.85. The first-order valence-corrected chi connectivity index (χ1v) is 5.91. The first-order valence-electron chi connectivity index (χ1n) is 5.91. The van der Waals surface area contributed by atoms with Gasteiger partial charge in [0, 0.05) is 18.6 Å². The molecule has 1 aromatic rings. The predicted molar refractivity (Wildman–Crippen MR) is 58.9 cm³/mol. The van der Waals surface area contributed by atoms with E-state index in [1.165, 1.54) is 0 Å². The minimum atomic E-state index is -0.0995. The third kappa shape index (κ3) is 2.41. The fraction of sp³-hybridized carbons (Fsp3) is 0.818. The van der Waals surface area contributed by atoms with E-state index in [0.717, 1.165) is 25.2 Å². The van der Waals surface area contributed by atoms with E-state index in [0.29, 0.717) is 18.3 Å². The molecule has 0 amide bonds. The molecule has 3 atom stereocenters. The van der Waals surface area contributed by atoms with E-state index in [4.69, 9.17) is 15.0 Å². The van der Waals surface area contributed by atoms with Crippen LogP contribution in [0.1, 0.15) is 56.8 Å².